The highest BCUT2D eigenvalue weighted by atomic mass is 31.2. The highest BCUT2D eigenvalue weighted by Crippen LogP contribution is 2.38. The number of aliphatic hydroxyl groups excluding tert-OH is 1. The number of hydrogen-bond acceptors (Lipinski definition) is 6. The molecule has 0 aromatic rings. The molecule has 0 spiro atoms. The molecule has 0 rings (SSSR count). The van der Waals surface area contributed by atoms with E-state index in [1.54, 1.807) is 0 Å². The molecule has 0 radical (unpaired) electrons. The minimum atomic E-state index is -4.54. The fourth-order valence-corrected chi connectivity index (χ4v) is 5.75. The van der Waals surface area contributed by atoms with Crippen molar-refractivity contribution >= 4 is 13.7 Å². The van der Waals surface area contributed by atoms with Gasteiger partial charge in [-0.25, -0.2) is 0 Å². The Hall–Kier alpha value is -0.760. The number of amides is 1. The van der Waals surface area contributed by atoms with Crippen LogP contribution < -0.4 is 10.2 Å². The summed E-state index contributed by atoms with van der Waals surface area (Å²) in [4.78, 5) is 25.0. The van der Waals surface area contributed by atoms with Crippen molar-refractivity contribution in [1.82, 2.24) is 5.32 Å². The van der Waals surface area contributed by atoms with E-state index in [0.29, 0.717) is 23.9 Å². The molecule has 0 bridgehead atoms. The molecule has 3 unspecified atom stereocenters. The second-order valence-electron chi connectivity index (χ2n) is 13.6. The molecule has 0 aliphatic heterocycles. The molecule has 1 amide bonds. The van der Waals surface area contributed by atoms with Crippen molar-refractivity contribution in [2.24, 2.45) is 0 Å². The molecule has 0 heterocycles. The Morgan fingerprint density at radius 2 is 1.25 bits per heavy atom. The van der Waals surface area contributed by atoms with Crippen molar-refractivity contribution in [1.29, 1.82) is 0 Å². The van der Waals surface area contributed by atoms with Crippen molar-refractivity contribution in [3.05, 3.63) is 12.2 Å². The lowest BCUT2D eigenvalue weighted by Crippen LogP contribution is -2.46. The third-order valence-electron chi connectivity index (χ3n) is 8.00. The Balaban J connectivity index is 4.41. The van der Waals surface area contributed by atoms with Gasteiger partial charge in [0.05, 0.1) is 39.9 Å². The lowest BCUT2D eigenvalue weighted by Gasteiger charge is -2.30. The van der Waals surface area contributed by atoms with E-state index in [1.807, 2.05) is 21.1 Å². The Kier molecular flexibility index (Phi) is 28.0. The molecule has 0 saturated carbocycles. The summed E-state index contributed by atoms with van der Waals surface area (Å²) >= 11 is 0. The van der Waals surface area contributed by atoms with Crippen LogP contribution in [0.15, 0.2) is 12.2 Å². The summed E-state index contributed by atoms with van der Waals surface area (Å²) in [6.45, 7) is 4.63. The van der Waals surface area contributed by atoms with Crippen molar-refractivity contribution < 1.29 is 32.9 Å². The summed E-state index contributed by atoms with van der Waals surface area (Å²) in [5.74, 6) is -0.179. The van der Waals surface area contributed by atoms with Crippen LogP contribution in [0.25, 0.3) is 0 Å². The van der Waals surface area contributed by atoms with Crippen LogP contribution in [0.2, 0.25) is 0 Å². The van der Waals surface area contributed by atoms with Crippen LogP contribution in [0, 0.1) is 0 Å². The van der Waals surface area contributed by atoms with Crippen LogP contribution in [-0.4, -0.2) is 68.5 Å². The molecule has 0 aromatic heterocycles. The highest BCUT2D eigenvalue weighted by molar-refractivity contribution is 7.45. The first-order valence-electron chi connectivity index (χ1n) is 18.0. The predicted molar refractivity (Wildman–Crippen MR) is 182 cm³/mol. The van der Waals surface area contributed by atoms with Gasteiger partial charge in [0.1, 0.15) is 13.2 Å². The summed E-state index contributed by atoms with van der Waals surface area (Å²) in [5, 5.41) is 13.7. The zero-order valence-corrected chi connectivity index (χ0v) is 30.3. The topological polar surface area (TPSA) is 108 Å². The number of unbranched alkanes of at least 4 members (excludes halogenated alkanes) is 17. The van der Waals surface area contributed by atoms with E-state index in [1.165, 1.54) is 77.0 Å². The van der Waals surface area contributed by atoms with E-state index in [4.69, 9.17) is 9.05 Å². The van der Waals surface area contributed by atoms with E-state index in [9.17, 15) is 19.4 Å². The fourth-order valence-electron chi connectivity index (χ4n) is 5.03. The molecule has 9 heteroatoms. The van der Waals surface area contributed by atoms with Crippen LogP contribution in [0.3, 0.4) is 0 Å². The second-order valence-corrected chi connectivity index (χ2v) is 15.0. The normalized spacial score (nSPS) is 15.0. The number of carbonyl (C=O) groups excluding carboxylic acids is 1. The van der Waals surface area contributed by atoms with Gasteiger partial charge >= 0.3 is 0 Å². The standard InChI is InChI=1S/C35H71N2O6P/c1-6-8-10-12-14-15-16-17-18-19-20-21-23-25-27-29-35(39)36-33(34(38)28-26-24-22-13-11-9-7-2)32-43-44(40,41)42-31-30-37(3,4)5/h17-18,33-34,38H,6-16,19-32H2,1-5H3,(H-,36,39,40,41)/b18-17-. The van der Waals surface area contributed by atoms with Gasteiger partial charge in [-0.05, 0) is 38.5 Å². The molecule has 2 N–H and O–H groups in total. The summed E-state index contributed by atoms with van der Waals surface area (Å²) in [7, 11) is 1.29. The number of phosphoric acid groups is 1. The van der Waals surface area contributed by atoms with E-state index in [-0.39, 0.29) is 19.1 Å². The van der Waals surface area contributed by atoms with Crippen LogP contribution in [-0.2, 0) is 18.4 Å². The van der Waals surface area contributed by atoms with Crippen molar-refractivity contribution in [3.8, 4) is 0 Å². The van der Waals surface area contributed by atoms with Crippen molar-refractivity contribution in [2.75, 3.05) is 40.9 Å². The SMILES string of the molecule is CCCCCCCC/C=C\CCCCCCCC(=O)NC(COP(=O)([O-])OCC[N+](C)(C)C)C(O)CCCCCCCCC. The van der Waals surface area contributed by atoms with Gasteiger partial charge in [0.15, 0.2) is 0 Å². The predicted octanol–water partition coefficient (Wildman–Crippen LogP) is 8.22. The zero-order valence-electron chi connectivity index (χ0n) is 29.4. The zero-order chi connectivity index (χ0) is 32.9. The van der Waals surface area contributed by atoms with Crippen molar-refractivity contribution in [3.63, 3.8) is 0 Å². The molecule has 0 aromatic carbocycles. The van der Waals surface area contributed by atoms with Gasteiger partial charge in [-0.15, -0.1) is 0 Å². The smallest absolute Gasteiger partial charge is 0.268 e. The molecule has 0 fully saturated rings. The number of nitrogens with zero attached hydrogens (tertiary/aromatic N) is 1. The lowest BCUT2D eigenvalue weighted by molar-refractivity contribution is -0.870. The average molecular weight is 647 g/mol. The van der Waals surface area contributed by atoms with Gasteiger partial charge in [0.25, 0.3) is 7.82 Å². The van der Waals surface area contributed by atoms with Gasteiger partial charge in [0.2, 0.25) is 5.91 Å². The van der Waals surface area contributed by atoms with Gasteiger partial charge in [-0.2, -0.15) is 0 Å². The summed E-state index contributed by atoms with van der Waals surface area (Å²) in [6.07, 6.45) is 27.9. The van der Waals surface area contributed by atoms with E-state index in [2.05, 4.69) is 31.3 Å². The first-order chi connectivity index (χ1) is 21.0. The Morgan fingerprint density at radius 1 is 0.773 bits per heavy atom. The van der Waals surface area contributed by atoms with Gasteiger partial charge in [0, 0.05) is 6.42 Å². The number of nitrogens with one attached hydrogen (secondary N) is 1. The molecule has 0 aliphatic carbocycles. The maximum Gasteiger partial charge on any atom is 0.268 e. The Labute approximate surface area is 272 Å². The number of aliphatic hydroxyl groups is 1. The number of quaternary nitrogens is 1. The molecule has 0 aliphatic rings. The minimum Gasteiger partial charge on any atom is -0.756 e. The maximum absolute atomic E-state index is 12.7. The number of phosphoric ester groups is 1. The lowest BCUT2D eigenvalue weighted by atomic mass is 10.0. The first kappa shape index (κ1) is 43.2. The largest absolute Gasteiger partial charge is 0.756 e. The monoisotopic (exact) mass is 647 g/mol. The van der Waals surface area contributed by atoms with E-state index < -0.39 is 20.0 Å². The van der Waals surface area contributed by atoms with Crippen molar-refractivity contribution in [2.45, 2.75) is 167 Å². The molecule has 44 heavy (non-hydrogen) atoms. The minimum absolute atomic E-state index is 0.0113. The van der Waals surface area contributed by atoms with E-state index >= 15 is 0 Å². The summed E-state index contributed by atoms with van der Waals surface area (Å²) < 4.78 is 23.0. The van der Waals surface area contributed by atoms with Crippen LogP contribution >= 0.6 is 7.82 Å². The Morgan fingerprint density at radius 3 is 1.77 bits per heavy atom. The molecular weight excluding hydrogens is 575 g/mol. The second kappa shape index (κ2) is 28.5. The Bertz CT molecular complexity index is 743. The van der Waals surface area contributed by atoms with Gasteiger partial charge < -0.3 is 28.8 Å². The van der Waals surface area contributed by atoms with Crippen LogP contribution in [0.5, 0.6) is 0 Å². The molecule has 8 nitrogen and oxygen atoms in total. The average Bonchev–Trinajstić information content (AvgIpc) is 2.95. The number of carbonyl (C=O) groups is 1. The number of rotatable bonds is 32. The first-order valence-corrected chi connectivity index (χ1v) is 19.5. The molecule has 0 saturated heterocycles. The summed E-state index contributed by atoms with van der Waals surface area (Å²) in [6, 6.07) is -0.796. The van der Waals surface area contributed by atoms with Crippen LogP contribution in [0.1, 0.15) is 155 Å². The highest BCUT2D eigenvalue weighted by Gasteiger charge is 2.24. The molecule has 3 atom stereocenters. The maximum atomic E-state index is 12.7. The number of likely N-dealkylation sites (N-methyl/N-ethyl adjacent to an activating group) is 1. The fraction of sp³-hybridized carbons (Fsp3) is 0.914. The number of allylic oxidation sites excluding steroid dienone is 2. The quantitative estimate of drug-likeness (QED) is 0.0330. The van der Waals surface area contributed by atoms with Gasteiger partial charge in [-0.1, -0.05) is 122 Å². The molecular formula is C35H71N2O6P. The van der Waals surface area contributed by atoms with Gasteiger partial charge in [-0.3, -0.25) is 9.36 Å². The third kappa shape index (κ3) is 29.9. The number of hydrogen-bond donors (Lipinski definition) is 2. The third-order valence-corrected chi connectivity index (χ3v) is 8.97. The van der Waals surface area contributed by atoms with Crippen LogP contribution in [0.4, 0.5) is 0 Å². The van der Waals surface area contributed by atoms with E-state index in [0.717, 1.165) is 51.4 Å². The molecule has 262 valence electrons. The summed E-state index contributed by atoms with van der Waals surface area (Å²) in [5.41, 5.74) is 0.